The lowest BCUT2D eigenvalue weighted by atomic mass is 10.2. The van der Waals surface area contributed by atoms with Crippen molar-refractivity contribution in [3.8, 4) is 0 Å². The molecule has 0 atom stereocenters. The summed E-state index contributed by atoms with van der Waals surface area (Å²) in [5, 5.41) is 12.7. The molecule has 0 aliphatic rings. The van der Waals surface area contributed by atoms with Crippen molar-refractivity contribution >= 4 is 23.5 Å². The van der Waals surface area contributed by atoms with Gasteiger partial charge in [0.1, 0.15) is 5.69 Å². The van der Waals surface area contributed by atoms with E-state index in [0.717, 1.165) is 5.56 Å². The van der Waals surface area contributed by atoms with Gasteiger partial charge in [0.15, 0.2) is 0 Å². The largest absolute Gasteiger partial charge is 0.350 e. The maximum atomic E-state index is 12.2. The summed E-state index contributed by atoms with van der Waals surface area (Å²) in [5.74, 6) is -0.304. The SMILES string of the molecule is NC(=O)N(O)CCNC(=O)c1cccn1Cc1ccc(Cl)cc1. The first-order valence-electron chi connectivity index (χ1n) is 6.91. The second-order valence-corrected chi connectivity index (χ2v) is 5.30. The predicted molar refractivity (Wildman–Crippen MR) is 85.4 cm³/mol. The van der Waals surface area contributed by atoms with Crippen LogP contribution >= 0.6 is 11.6 Å². The van der Waals surface area contributed by atoms with Gasteiger partial charge in [-0.1, -0.05) is 23.7 Å². The first-order valence-corrected chi connectivity index (χ1v) is 7.29. The van der Waals surface area contributed by atoms with Crippen LogP contribution in [0.25, 0.3) is 0 Å². The third-order valence-electron chi connectivity index (χ3n) is 3.19. The highest BCUT2D eigenvalue weighted by Gasteiger charge is 2.12. The minimum Gasteiger partial charge on any atom is -0.350 e. The molecule has 2 aromatic rings. The molecule has 4 N–H and O–H groups in total. The number of hydroxylamine groups is 2. The maximum Gasteiger partial charge on any atom is 0.338 e. The number of benzene rings is 1. The van der Waals surface area contributed by atoms with Gasteiger partial charge in [0.05, 0.1) is 6.54 Å². The van der Waals surface area contributed by atoms with Gasteiger partial charge in [0.2, 0.25) is 0 Å². The molecule has 0 radical (unpaired) electrons. The number of nitrogens with two attached hydrogens (primary N) is 1. The molecule has 8 heteroatoms. The molecule has 0 fully saturated rings. The number of halogens is 1. The van der Waals surface area contributed by atoms with Gasteiger partial charge in [0.25, 0.3) is 5.91 Å². The number of rotatable bonds is 6. The van der Waals surface area contributed by atoms with Gasteiger partial charge in [-0.05, 0) is 29.8 Å². The van der Waals surface area contributed by atoms with Crippen LogP contribution in [0, 0.1) is 0 Å². The fraction of sp³-hybridized carbons (Fsp3) is 0.200. The number of hydrogen-bond donors (Lipinski definition) is 3. The van der Waals surface area contributed by atoms with E-state index in [1.54, 1.807) is 35.0 Å². The van der Waals surface area contributed by atoms with Crippen molar-refractivity contribution < 1.29 is 14.8 Å². The first kappa shape index (κ1) is 16.9. The summed E-state index contributed by atoms with van der Waals surface area (Å²) >= 11 is 5.85. The molecule has 0 bridgehead atoms. The van der Waals surface area contributed by atoms with Crippen molar-refractivity contribution in [2.75, 3.05) is 13.1 Å². The predicted octanol–water partition coefficient (Wildman–Crippen LogP) is 1.69. The Kier molecular flexibility index (Phi) is 5.61. The lowest BCUT2D eigenvalue weighted by Crippen LogP contribution is -2.39. The standard InChI is InChI=1S/C15H17ClN4O3/c16-12-5-3-11(4-6-12)10-19-8-1-2-13(19)14(21)18-7-9-20(23)15(17)22/h1-6,8,23H,7,9-10H2,(H2,17,22)(H,18,21). The summed E-state index contributed by atoms with van der Waals surface area (Å²) < 4.78 is 1.80. The number of carbonyl (C=O) groups is 2. The zero-order chi connectivity index (χ0) is 16.8. The number of urea groups is 1. The number of nitrogens with zero attached hydrogens (tertiary/aromatic N) is 2. The highest BCUT2D eigenvalue weighted by molar-refractivity contribution is 6.30. The van der Waals surface area contributed by atoms with Gasteiger partial charge >= 0.3 is 6.03 Å². The zero-order valence-corrected chi connectivity index (χ0v) is 13.0. The highest BCUT2D eigenvalue weighted by atomic mass is 35.5. The van der Waals surface area contributed by atoms with E-state index in [4.69, 9.17) is 22.5 Å². The average molecular weight is 337 g/mol. The topological polar surface area (TPSA) is 101 Å². The lowest BCUT2D eigenvalue weighted by molar-refractivity contribution is -0.0376. The van der Waals surface area contributed by atoms with E-state index < -0.39 is 6.03 Å². The van der Waals surface area contributed by atoms with Crippen molar-refractivity contribution in [3.63, 3.8) is 0 Å². The number of aromatic nitrogens is 1. The fourth-order valence-electron chi connectivity index (χ4n) is 2.02. The molecule has 3 amide bonds. The number of primary amides is 1. The fourth-order valence-corrected chi connectivity index (χ4v) is 2.15. The minimum atomic E-state index is -0.967. The molecule has 0 saturated heterocycles. The van der Waals surface area contributed by atoms with Gasteiger partial charge in [-0.15, -0.1) is 0 Å². The lowest BCUT2D eigenvalue weighted by Gasteiger charge is -2.13. The molecule has 2 rings (SSSR count). The molecule has 23 heavy (non-hydrogen) atoms. The third-order valence-corrected chi connectivity index (χ3v) is 3.44. The normalized spacial score (nSPS) is 10.3. The van der Waals surface area contributed by atoms with Crippen molar-refractivity contribution in [2.45, 2.75) is 6.54 Å². The Balaban J connectivity index is 1.95. The van der Waals surface area contributed by atoms with Crippen LogP contribution in [0.4, 0.5) is 4.79 Å². The number of hydrogen-bond acceptors (Lipinski definition) is 3. The highest BCUT2D eigenvalue weighted by Crippen LogP contribution is 2.12. The second-order valence-electron chi connectivity index (χ2n) is 4.87. The summed E-state index contributed by atoms with van der Waals surface area (Å²) in [4.78, 5) is 22.8. The average Bonchev–Trinajstić information content (AvgIpc) is 2.97. The van der Waals surface area contributed by atoms with Crippen molar-refractivity contribution in [2.24, 2.45) is 5.73 Å². The molecule has 0 saturated carbocycles. The van der Waals surface area contributed by atoms with Gasteiger partial charge in [-0.2, -0.15) is 0 Å². The second kappa shape index (κ2) is 7.66. The molecular formula is C15H17ClN4O3. The Morgan fingerprint density at radius 1 is 1.26 bits per heavy atom. The third kappa shape index (κ3) is 4.73. The van der Waals surface area contributed by atoms with E-state index in [0.29, 0.717) is 22.3 Å². The molecule has 0 spiro atoms. The summed E-state index contributed by atoms with van der Waals surface area (Å²) in [6.07, 6.45) is 1.80. The van der Waals surface area contributed by atoms with E-state index in [1.165, 1.54) is 0 Å². The number of amides is 3. The van der Waals surface area contributed by atoms with E-state index >= 15 is 0 Å². The molecule has 122 valence electrons. The molecule has 0 unspecified atom stereocenters. The van der Waals surface area contributed by atoms with Crippen molar-refractivity contribution in [3.05, 3.63) is 58.9 Å². The van der Waals surface area contributed by atoms with Crippen LogP contribution in [0.5, 0.6) is 0 Å². The molecular weight excluding hydrogens is 320 g/mol. The molecule has 7 nitrogen and oxygen atoms in total. The Hall–Kier alpha value is -2.51. The Morgan fingerprint density at radius 2 is 1.96 bits per heavy atom. The number of carbonyl (C=O) groups excluding carboxylic acids is 2. The van der Waals surface area contributed by atoms with Crippen LogP contribution in [-0.2, 0) is 6.54 Å². The molecule has 0 aliphatic carbocycles. The Labute approximate surface area is 138 Å². The van der Waals surface area contributed by atoms with Crippen LogP contribution in [0.3, 0.4) is 0 Å². The van der Waals surface area contributed by atoms with E-state index in [1.807, 2.05) is 12.1 Å². The molecule has 1 aromatic carbocycles. The summed E-state index contributed by atoms with van der Waals surface area (Å²) in [5.41, 5.74) is 6.36. The van der Waals surface area contributed by atoms with E-state index in [-0.39, 0.29) is 19.0 Å². The summed E-state index contributed by atoms with van der Waals surface area (Å²) in [7, 11) is 0. The van der Waals surface area contributed by atoms with Gasteiger partial charge in [-0.25, -0.2) is 9.86 Å². The van der Waals surface area contributed by atoms with Crippen molar-refractivity contribution in [1.29, 1.82) is 0 Å². The monoisotopic (exact) mass is 336 g/mol. The molecule has 1 aromatic heterocycles. The van der Waals surface area contributed by atoms with Crippen LogP contribution in [0.2, 0.25) is 5.02 Å². The van der Waals surface area contributed by atoms with Crippen LogP contribution in [-0.4, -0.2) is 39.9 Å². The van der Waals surface area contributed by atoms with Crippen LogP contribution in [0.15, 0.2) is 42.6 Å². The van der Waals surface area contributed by atoms with E-state index in [9.17, 15) is 9.59 Å². The van der Waals surface area contributed by atoms with E-state index in [2.05, 4.69) is 5.32 Å². The van der Waals surface area contributed by atoms with Gasteiger partial charge in [0, 0.05) is 24.3 Å². The van der Waals surface area contributed by atoms with Crippen molar-refractivity contribution in [1.82, 2.24) is 14.9 Å². The summed E-state index contributed by atoms with van der Waals surface area (Å²) in [6.45, 7) is 0.531. The Bertz CT molecular complexity index is 684. The smallest absolute Gasteiger partial charge is 0.338 e. The van der Waals surface area contributed by atoms with Gasteiger partial charge in [-0.3, -0.25) is 10.0 Å². The van der Waals surface area contributed by atoms with Crippen LogP contribution < -0.4 is 11.1 Å². The molecule has 1 heterocycles. The zero-order valence-electron chi connectivity index (χ0n) is 12.3. The Morgan fingerprint density at radius 3 is 2.61 bits per heavy atom. The quantitative estimate of drug-likeness (QED) is 0.552. The summed E-state index contributed by atoms with van der Waals surface area (Å²) in [6, 6.07) is 9.86. The number of nitrogens with one attached hydrogen (secondary N) is 1. The van der Waals surface area contributed by atoms with Gasteiger partial charge < -0.3 is 15.6 Å². The first-order chi connectivity index (χ1) is 11.0. The minimum absolute atomic E-state index is 0.0844. The maximum absolute atomic E-state index is 12.2. The van der Waals surface area contributed by atoms with Crippen LogP contribution in [0.1, 0.15) is 16.1 Å². The molecule has 0 aliphatic heterocycles.